The van der Waals surface area contributed by atoms with Gasteiger partial charge in [-0.25, -0.2) is 4.79 Å². The topological polar surface area (TPSA) is 131 Å². The number of aliphatic carboxylic acids is 1. The van der Waals surface area contributed by atoms with Crippen molar-refractivity contribution < 1.29 is 24.4 Å². The number of rotatable bonds is 7. The SMILES string of the molecule is COC(CNC(=O)Nc1ccc([N+](=O)[O-])cc1)CC(=O)O. The van der Waals surface area contributed by atoms with E-state index in [-0.39, 0.29) is 18.7 Å². The molecule has 0 aliphatic heterocycles. The van der Waals surface area contributed by atoms with Gasteiger partial charge in [-0.1, -0.05) is 0 Å². The second kappa shape index (κ2) is 7.80. The molecule has 0 radical (unpaired) electrons. The summed E-state index contributed by atoms with van der Waals surface area (Å²) in [6, 6.07) is 4.75. The number of hydrogen-bond acceptors (Lipinski definition) is 5. The summed E-state index contributed by atoms with van der Waals surface area (Å²) < 4.78 is 4.91. The number of carbonyl (C=O) groups is 2. The molecule has 1 unspecified atom stereocenters. The van der Waals surface area contributed by atoms with Crippen molar-refractivity contribution in [3.8, 4) is 0 Å². The molecule has 9 heteroatoms. The maximum absolute atomic E-state index is 11.6. The van der Waals surface area contributed by atoms with Gasteiger partial charge < -0.3 is 20.5 Å². The number of nitro benzene ring substituents is 1. The lowest BCUT2D eigenvalue weighted by Gasteiger charge is -2.14. The molecule has 2 amide bonds. The third kappa shape index (κ3) is 5.87. The molecule has 0 saturated heterocycles. The first-order valence-corrected chi connectivity index (χ1v) is 5.96. The van der Waals surface area contributed by atoms with Gasteiger partial charge in [-0.05, 0) is 12.1 Å². The molecule has 0 aliphatic rings. The monoisotopic (exact) mass is 297 g/mol. The zero-order chi connectivity index (χ0) is 15.8. The minimum Gasteiger partial charge on any atom is -0.481 e. The Bertz CT molecular complexity index is 516. The lowest BCUT2D eigenvalue weighted by atomic mass is 10.2. The van der Waals surface area contributed by atoms with Crippen molar-refractivity contribution in [1.82, 2.24) is 5.32 Å². The Balaban J connectivity index is 2.46. The van der Waals surface area contributed by atoms with E-state index < -0.39 is 23.0 Å². The summed E-state index contributed by atoms with van der Waals surface area (Å²) in [4.78, 5) is 32.0. The summed E-state index contributed by atoms with van der Waals surface area (Å²) in [6.45, 7) is 0.0294. The van der Waals surface area contributed by atoms with Gasteiger partial charge in [-0.15, -0.1) is 0 Å². The molecule has 0 aromatic heterocycles. The standard InChI is InChI=1S/C12H15N3O6/c1-21-10(6-11(16)17)7-13-12(18)14-8-2-4-9(5-3-8)15(19)20/h2-5,10H,6-7H2,1H3,(H,16,17)(H2,13,14,18). The van der Waals surface area contributed by atoms with Crippen LogP contribution in [0.2, 0.25) is 0 Å². The third-order valence-electron chi connectivity index (χ3n) is 2.56. The fourth-order valence-electron chi connectivity index (χ4n) is 1.48. The van der Waals surface area contributed by atoms with E-state index in [0.29, 0.717) is 5.69 Å². The molecule has 21 heavy (non-hydrogen) atoms. The second-order valence-corrected chi connectivity index (χ2v) is 4.09. The van der Waals surface area contributed by atoms with Gasteiger partial charge in [-0.2, -0.15) is 0 Å². The molecule has 1 atom stereocenters. The lowest BCUT2D eigenvalue weighted by Crippen LogP contribution is -2.37. The molecule has 1 aromatic rings. The normalized spacial score (nSPS) is 11.5. The van der Waals surface area contributed by atoms with Crippen LogP contribution in [0.5, 0.6) is 0 Å². The number of nitro groups is 1. The van der Waals surface area contributed by atoms with Gasteiger partial charge in [0.1, 0.15) is 0 Å². The molecular formula is C12H15N3O6. The summed E-state index contributed by atoms with van der Waals surface area (Å²) >= 11 is 0. The van der Waals surface area contributed by atoms with Crippen LogP contribution in [0.1, 0.15) is 6.42 Å². The van der Waals surface area contributed by atoms with E-state index in [2.05, 4.69) is 10.6 Å². The first kappa shape index (κ1) is 16.4. The van der Waals surface area contributed by atoms with Gasteiger partial charge in [0.25, 0.3) is 5.69 Å². The molecule has 0 spiro atoms. The highest BCUT2D eigenvalue weighted by atomic mass is 16.6. The Morgan fingerprint density at radius 2 is 2.00 bits per heavy atom. The smallest absolute Gasteiger partial charge is 0.319 e. The van der Waals surface area contributed by atoms with Crippen molar-refractivity contribution in [2.45, 2.75) is 12.5 Å². The van der Waals surface area contributed by atoms with Crippen LogP contribution in [0.4, 0.5) is 16.2 Å². The highest BCUT2D eigenvalue weighted by Gasteiger charge is 2.13. The van der Waals surface area contributed by atoms with Crippen LogP contribution < -0.4 is 10.6 Å². The number of carbonyl (C=O) groups excluding carboxylic acids is 1. The second-order valence-electron chi connectivity index (χ2n) is 4.09. The van der Waals surface area contributed by atoms with Gasteiger partial charge in [0, 0.05) is 31.5 Å². The van der Waals surface area contributed by atoms with Crippen molar-refractivity contribution in [1.29, 1.82) is 0 Å². The van der Waals surface area contributed by atoms with Crippen LogP contribution in [-0.2, 0) is 9.53 Å². The van der Waals surface area contributed by atoms with Gasteiger partial charge in [0.2, 0.25) is 0 Å². The number of non-ortho nitro benzene ring substituents is 1. The molecular weight excluding hydrogens is 282 g/mol. The summed E-state index contributed by atoms with van der Waals surface area (Å²) in [5.74, 6) is -1.03. The first-order chi connectivity index (χ1) is 9.92. The number of nitrogens with one attached hydrogen (secondary N) is 2. The Labute approximate surface area is 120 Å². The number of anilines is 1. The zero-order valence-corrected chi connectivity index (χ0v) is 11.2. The summed E-state index contributed by atoms with van der Waals surface area (Å²) in [5.41, 5.74) is 0.298. The number of benzene rings is 1. The molecule has 0 saturated carbocycles. The average molecular weight is 297 g/mol. The van der Waals surface area contributed by atoms with Gasteiger partial charge in [0.05, 0.1) is 17.4 Å². The number of urea groups is 1. The van der Waals surface area contributed by atoms with Crippen LogP contribution in [-0.4, -0.2) is 41.8 Å². The van der Waals surface area contributed by atoms with E-state index >= 15 is 0 Å². The number of nitrogens with zero attached hydrogens (tertiary/aromatic N) is 1. The van der Waals surface area contributed by atoms with Crippen molar-refractivity contribution >= 4 is 23.4 Å². The van der Waals surface area contributed by atoms with E-state index in [1.165, 1.54) is 31.4 Å². The Morgan fingerprint density at radius 1 is 1.38 bits per heavy atom. The summed E-state index contributed by atoms with van der Waals surface area (Å²) in [5, 5.41) is 24.0. The van der Waals surface area contributed by atoms with Gasteiger partial charge in [0.15, 0.2) is 0 Å². The average Bonchev–Trinajstić information content (AvgIpc) is 2.43. The van der Waals surface area contributed by atoms with Crippen molar-refractivity contribution in [3.63, 3.8) is 0 Å². The predicted molar refractivity (Wildman–Crippen MR) is 73.2 cm³/mol. The van der Waals surface area contributed by atoms with E-state index in [9.17, 15) is 19.7 Å². The van der Waals surface area contributed by atoms with Crippen LogP contribution >= 0.6 is 0 Å². The lowest BCUT2D eigenvalue weighted by molar-refractivity contribution is -0.384. The summed E-state index contributed by atoms with van der Waals surface area (Å²) in [6.07, 6.45) is -0.862. The highest BCUT2D eigenvalue weighted by Crippen LogP contribution is 2.15. The number of amides is 2. The van der Waals surface area contributed by atoms with E-state index in [1.54, 1.807) is 0 Å². The van der Waals surface area contributed by atoms with Crippen molar-refractivity contribution in [3.05, 3.63) is 34.4 Å². The first-order valence-electron chi connectivity index (χ1n) is 5.96. The van der Waals surface area contributed by atoms with Gasteiger partial charge >= 0.3 is 12.0 Å². The van der Waals surface area contributed by atoms with Crippen molar-refractivity contribution in [2.24, 2.45) is 0 Å². The predicted octanol–water partition coefficient (Wildman–Crippen LogP) is 1.21. The molecule has 1 rings (SSSR count). The van der Waals surface area contributed by atoms with E-state index in [4.69, 9.17) is 9.84 Å². The molecule has 1 aromatic carbocycles. The maximum Gasteiger partial charge on any atom is 0.319 e. The minimum atomic E-state index is -1.03. The zero-order valence-electron chi connectivity index (χ0n) is 11.2. The number of methoxy groups -OCH3 is 1. The molecule has 0 aliphatic carbocycles. The van der Waals surface area contributed by atoms with Crippen LogP contribution in [0, 0.1) is 10.1 Å². The highest BCUT2D eigenvalue weighted by molar-refractivity contribution is 5.89. The van der Waals surface area contributed by atoms with Crippen LogP contribution in [0.15, 0.2) is 24.3 Å². The molecule has 3 N–H and O–H groups in total. The van der Waals surface area contributed by atoms with Crippen LogP contribution in [0.3, 0.4) is 0 Å². The fraction of sp³-hybridized carbons (Fsp3) is 0.333. The summed E-state index contributed by atoms with van der Waals surface area (Å²) in [7, 11) is 1.35. The maximum atomic E-state index is 11.6. The number of carboxylic acid groups (broad SMARTS) is 1. The van der Waals surface area contributed by atoms with Crippen LogP contribution in [0.25, 0.3) is 0 Å². The molecule has 0 bridgehead atoms. The van der Waals surface area contributed by atoms with Gasteiger partial charge in [-0.3, -0.25) is 14.9 Å². The largest absolute Gasteiger partial charge is 0.481 e. The molecule has 114 valence electrons. The van der Waals surface area contributed by atoms with Crippen molar-refractivity contribution in [2.75, 3.05) is 19.0 Å². The minimum absolute atomic E-state index is 0.0294. The quantitative estimate of drug-likeness (QED) is 0.512. The van der Waals surface area contributed by atoms with E-state index in [1.807, 2.05) is 0 Å². The number of hydrogen-bond donors (Lipinski definition) is 3. The number of ether oxygens (including phenoxy) is 1. The molecule has 9 nitrogen and oxygen atoms in total. The third-order valence-corrected chi connectivity index (χ3v) is 2.56. The number of carboxylic acids is 1. The Kier molecular flexibility index (Phi) is 6.08. The molecule has 0 fully saturated rings. The molecule has 0 heterocycles. The Morgan fingerprint density at radius 3 is 2.48 bits per heavy atom. The Hall–Kier alpha value is -2.68. The van der Waals surface area contributed by atoms with E-state index in [0.717, 1.165) is 0 Å². The fourth-order valence-corrected chi connectivity index (χ4v) is 1.48.